The van der Waals surface area contributed by atoms with Gasteiger partial charge in [0.1, 0.15) is 0 Å². The molecule has 4 heterocycles. The van der Waals surface area contributed by atoms with Gasteiger partial charge in [-0.2, -0.15) is 0 Å². The molecule has 0 radical (unpaired) electrons. The van der Waals surface area contributed by atoms with Crippen LogP contribution in [0.2, 0.25) is 0 Å². The van der Waals surface area contributed by atoms with Crippen molar-refractivity contribution in [1.29, 1.82) is 0 Å². The fourth-order valence-corrected chi connectivity index (χ4v) is 2.33. The summed E-state index contributed by atoms with van der Waals surface area (Å²) < 4.78 is 0. The SMILES string of the molecule is O.O.O=C([O-])/C=C\C(=O)[O-].O=C([O-])/C=C\C(=O)[O-].[OH3+].[OH3+].[Zn+2].[Zn+2].c1ccc(-c2ccccn2)nc1.c1ccc(-c2ccccn2)nc1. The Kier molecular flexibility index (Phi) is 38.4. The molecule has 0 aliphatic rings. The molecule has 0 unspecified atom stereocenters. The molecule has 0 aliphatic heterocycles. The van der Waals surface area contributed by atoms with Gasteiger partial charge in [0, 0.05) is 24.8 Å². The second kappa shape index (κ2) is 33.0. The molecule has 4 rings (SSSR count). The zero-order valence-corrected chi connectivity index (χ0v) is 30.1. The predicted octanol–water partition coefficient (Wildman–Crippen LogP) is -5.13. The minimum Gasteiger partial charge on any atom is -0.545 e. The van der Waals surface area contributed by atoms with Crippen molar-refractivity contribution in [2.45, 2.75) is 0 Å². The number of pyridine rings is 4. The number of nitrogens with zero attached hydrogens (tertiary/aromatic N) is 4. The monoisotopic (exact) mass is 742 g/mol. The molecule has 0 bridgehead atoms. The summed E-state index contributed by atoms with van der Waals surface area (Å²) in [5.41, 5.74) is 3.66. The van der Waals surface area contributed by atoms with Crippen LogP contribution in [-0.2, 0) is 69.1 Å². The Morgan fingerprint density at radius 2 is 0.587 bits per heavy atom. The maximum atomic E-state index is 9.41. The molecule has 4 aromatic rings. The molecular formula is C28H30N4O12Zn2+2. The van der Waals surface area contributed by atoms with E-state index < -0.39 is 23.9 Å². The van der Waals surface area contributed by atoms with Crippen LogP contribution in [0, 0.1) is 0 Å². The van der Waals surface area contributed by atoms with Crippen molar-refractivity contribution in [1.82, 2.24) is 19.9 Å². The van der Waals surface area contributed by atoms with E-state index in [-0.39, 0.29) is 60.9 Å². The first-order chi connectivity index (χ1) is 19.2. The standard InChI is InChI=1S/2C10H8N2.2C4H4O4.4H2O.2Zn/c2*1-3-7-11-9(5-1)10-6-2-4-8-12-10;2*5-3(6)1-2-4(7)8;;;;;;/h2*1-8H;2*1-2H,(H,5,6)(H,7,8);4*1H2;;/q;;;;;;;;2*+2/p-2/b;;2*2-1-;;;;;;. The van der Waals surface area contributed by atoms with Crippen LogP contribution in [0.1, 0.15) is 0 Å². The topological polar surface area (TPSA) is 341 Å². The molecule has 0 spiro atoms. The van der Waals surface area contributed by atoms with Crippen molar-refractivity contribution in [3.63, 3.8) is 0 Å². The molecule has 236 valence electrons. The molecule has 46 heavy (non-hydrogen) atoms. The molecule has 0 saturated carbocycles. The van der Waals surface area contributed by atoms with Gasteiger partial charge in [-0.1, -0.05) is 24.3 Å². The summed E-state index contributed by atoms with van der Waals surface area (Å²) in [5, 5.41) is 37.7. The van der Waals surface area contributed by atoms with Crippen molar-refractivity contribution >= 4 is 23.9 Å². The summed E-state index contributed by atoms with van der Waals surface area (Å²) in [7, 11) is 0. The van der Waals surface area contributed by atoms with Crippen LogP contribution in [0.15, 0.2) is 122 Å². The summed E-state index contributed by atoms with van der Waals surface area (Å²) >= 11 is 0. The molecule has 0 fully saturated rings. The van der Waals surface area contributed by atoms with Gasteiger partial charge in [-0.05, 0) is 72.8 Å². The Balaban J connectivity index is -0.000000113. The Morgan fingerprint density at radius 1 is 0.413 bits per heavy atom. The number of carboxylic acids is 4. The minimum atomic E-state index is -1.55. The number of rotatable bonds is 6. The fourth-order valence-electron chi connectivity index (χ4n) is 2.33. The molecule has 0 aliphatic carbocycles. The zero-order valence-electron chi connectivity index (χ0n) is 24.2. The molecule has 18 heteroatoms. The molecule has 0 atom stereocenters. The molecule has 10 N–H and O–H groups in total. The molecular weight excluding hydrogens is 715 g/mol. The van der Waals surface area contributed by atoms with Gasteiger partial charge in [0.15, 0.2) is 0 Å². The Labute approximate surface area is 288 Å². The quantitative estimate of drug-likeness (QED) is 0.102. The van der Waals surface area contributed by atoms with E-state index in [0.717, 1.165) is 22.8 Å². The van der Waals surface area contributed by atoms with E-state index >= 15 is 0 Å². The van der Waals surface area contributed by atoms with Gasteiger partial charge in [-0.3, -0.25) is 19.9 Å². The average Bonchev–Trinajstić information content (AvgIpc) is 2.98. The van der Waals surface area contributed by atoms with Crippen LogP contribution in [-0.4, -0.2) is 54.8 Å². The maximum Gasteiger partial charge on any atom is 2.00 e. The Bertz CT molecular complexity index is 1190. The normalized spacial score (nSPS) is 8.35. The summed E-state index contributed by atoms with van der Waals surface area (Å²) in [6.45, 7) is 0. The van der Waals surface area contributed by atoms with E-state index in [9.17, 15) is 39.6 Å². The van der Waals surface area contributed by atoms with Crippen LogP contribution in [0.5, 0.6) is 0 Å². The van der Waals surface area contributed by atoms with Crippen LogP contribution in [0.25, 0.3) is 22.8 Å². The third-order valence-corrected chi connectivity index (χ3v) is 3.90. The zero-order chi connectivity index (χ0) is 29.6. The van der Waals surface area contributed by atoms with Crippen molar-refractivity contribution < 1.29 is 100 Å². The number of hydrogen-bond acceptors (Lipinski definition) is 12. The number of aliphatic carboxylic acids is 4. The van der Waals surface area contributed by atoms with Gasteiger partial charge in [-0.25, -0.2) is 0 Å². The Hall–Kier alpha value is -4.95. The number of aromatic nitrogens is 4. The predicted molar refractivity (Wildman–Crippen MR) is 150 cm³/mol. The number of carboxylic acid groups (broad SMARTS) is 4. The van der Waals surface area contributed by atoms with E-state index in [4.69, 9.17) is 0 Å². The van der Waals surface area contributed by atoms with E-state index in [0.29, 0.717) is 24.3 Å². The second-order valence-corrected chi connectivity index (χ2v) is 6.80. The maximum absolute atomic E-state index is 9.41. The first kappa shape index (κ1) is 53.6. The van der Waals surface area contributed by atoms with Gasteiger partial charge in [0.05, 0.1) is 46.7 Å². The van der Waals surface area contributed by atoms with Gasteiger partial charge in [0.2, 0.25) is 0 Å². The molecule has 0 aromatic carbocycles. The largest absolute Gasteiger partial charge is 2.00 e. The van der Waals surface area contributed by atoms with Gasteiger partial charge >= 0.3 is 39.0 Å². The van der Waals surface area contributed by atoms with Crippen LogP contribution in [0.3, 0.4) is 0 Å². The number of carbonyl (C=O) groups excluding carboxylic acids is 4. The van der Waals surface area contributed by atoms with Crippen LogP contribution < -0.4 is 20.4 Å². The third kappa shape index (κ3) is 27.9. The van der Waals surface area contributed by atoms with E-state index in [1.165, 1.54) is 0 Å². The molecule has 0 saturated heterocycles. The molecule has 16 nitrogen and oxygen atoms in total. The van der Waals surface area contributed by atoms with Crippen molar-refractivity contribution in [3.8, 4) is 22.8 Å². The smallest absolute Gasteiger partial charge is 0.545 e. The summed E-state index contributed by atoms with van der Waals surface area (Å²) in [6, 6.07) is 23.2. The van der Waals surface area contributed by atoms with E-state index in [1.54, 1.807) is 24.8 Å². The van der Waals surface area contributed by atoms with Crippen LogP contribution in [0.4, 0.5) is 0 Å². The fraction of sp³-hybridized carbons (Fsp3) is 0. The van der Waals surface area contributed by atoms with Crippen molar-refractivity contribution in [2.75, 3.05) is 0 Å². The van der Waals surface area contributed by atoms with Gasteiger partial charge in [-0.15, -0.1) is 0 Å². The molecule has 0 amide bonds. The van der Waals surface area contributed by atoms with Crippen LogP contribution >= 0.6 is 0 Å². The summed E-state index contributed by atoms with van der Waals surface area (Å²) in [5.74, 6) is -6.19. The van der Waals surface area contributed by atoms with Crippen molar-refractivity contribution in [2.24, 2.45) is 0 Å². The van der Waals surface area contributed by atoms with E-state index in [1.807, 2.05) is 72.8 Å². The Morgan fingerprint density at radius 3 is 0.696 bits per heavy atom. The molecule has 4 aromatic heterocycles. The minimum absolute atomic E-state index is 0. The van der Waals surface area contributed by atoms with Gasteiger partial charge < -0.3 is 61.5 Å². The second-order valence-electron chi connectivity index (χ2n) is 6.80. The number of carbonyl (C=O) groups is 4. The first-order valence-corrected chi connectivity index (χ1v) is 11.0. The third-order valence-electron chi connectivity index (χ3n) is 3.90. The van der Waals surface area contributed by atoms with Gasteiger partial charge in [0.25, 0.3) is 0 Å². The summed E-state index contributed by atoms with van der Waals surface area (Å²) in [4.78, 5) is 54.4. The van der Waals surface area contributed by atoms with E-state index in [2.05, 4.69) is 19.9 Å². The average molecular weight is 745 g/mol. The number of hydrogen-bond donors (Lipinski definition) is 0. The van der Waals surface area contributed by atoms with Crippen molar-refractivity contribution in [3.05, 3.63) is 122 Å². The first-order valence-electron chi connectivity index (χ1n) is 11.0. The summed E-state index contributed by atoms with van der Waals surface area (Å²) in [6.07, 6.45) is 8.61.